The largest absolute Gasteiger partial charge is 0.293 e. The molecule has 2 aromatic carbocycles. The van der Waals surface area contributed by atoms with Crippen LogP contribution in [0.1, 0.15) is 28.1 Å². The average Bonchev–Trinajstić information content (AvgIpc) is 3.16. The fourth-order valence-corrected chi connectivity index (χ4v) is 6.97. The van der Waals surface area contributed by atoms with Gasteiger partial charge in [0.25, 0.3) is 0 Å². The normalized spacial score (nSPS) is 15.7. The van der Waals surface area contributed by atoms with Crippen molar-refractivity contribution in [3.05, 3.63) is 82.8 Å². The molecule has 0 radical (unpaired) electrons. The highest BCUT2D eigenvalue weighted by molar-refractivity contribution is 7.89. The van der Waals surface area contributed by atoms with Crippen molar-refractivity contribution in [1.29, 1.82) is 0 Å². The summed E-state index contributed by atoms with van der Waals surface area (Å²) in [6, 6.07) is 16.1. The second kappa shape index (κ2) is 9.18. The van der Waals surface area contributed by atoms with Crippen molar-refractivity contribution < 1.29 is 8.42 Å². The molecule has 0 aliphatic carbocycles. The zero-order valence-corrected chi connectivity index (χ0v) is 21.5. The summed E-state index contributed by atoms with van der Waals surface area (Å²) in [5, 5.41) is 0. The highest BCUT2D eigenvalue weighted by Gasteiger charge is 2.31. The Balaban J connectivity index is 1.38. The van der Waals surface area contributed by atoms with E-state index in [2.05, 4.69) is 39.6 Å². The van der Waals surface area contributed by atoms with E-state index in [1.807, 2.05) is 51.1 Å². The molecule has 8 heteroatoms. The van der Waals surface area contributed by atoms with Gasteiger partial charge in [0.1, 0.15) is 11.3 Å². The number of imidazole rings is 1. The van der Waals surface area contributed by atoms with Crippen molar-refractivity contribution in [3.8, 4) is 5.69 Å². The summed E-state index contributed by atoms with van der Waals surface area (Å²) in [5.41, 5.74) is 6.60. The smallest absolute Gasteiger partial charge is 0.243 e. The molecular formula is C27H31N5O2S. The lowest BCUT2D eigenvalue weighted by atomic mass is 10.1. The maximum Gasteiger partial charge on any atom is 0.243 e. The lowest BCUT2D eigenvalue weighted by Crippen LogP contribution is -2.48. The predicted molar refractivity (Wildman–Crippen MR) is 138 cm³/mol. The van der Waals surface area contributed by atoms with Gasteiger partial charge in [0.05, 0.1) is 11.4 Å². The monoisotopic (exact) mass is 489 g/mol. The molecule has 0 saturated carbocycles. The summed E-state index contributed by atoms with van der Waals surface area (Å²) in [6.45, 7) is 10.7. The molecule has 4 aromatic rings. The Morgan fingerprint density at radius 2 is 1.57 bits per heavy atom. The molecule has 0 atom stereocenters. The molecule has 0 bridgehead atoms. The number of hydrogen-bond acceptors (Lipinski definition) is 5. The molecule has 1 fully saturated rings. The summed E-state index contributed by atoms with van der Waals surface area (Å²) in [7, 11) is -3.54. The summed E-state index contributed by atoms with van der Waals surface area (Å²) in [5.74, 6) is 0.908. The van der Waals surface area contributed by atoms with Gasteiger partial charge in [-0.2, -0.15) is 4.31 Å². The van der Waals surface area contributed by atoms with Crippen molar-refractivity contribution in [3.63, 3.8) is 0 Å². The Bertz CT molecular complexity index is 1480. The van der Waals surface area contributed by atoms with E-state index in [4.69, 9.17) is 4.98 Å². The second-order valence-electron chi connectivity index (χ2n) is 9.46. The molecule has 2 aromatic heterocycles. The van der Waals surface area contributed by atoms with Crippen molar-refractivity contribution >= 4 is 21.2 Å². The van der Waals surface area contributed by atoms with Gasteiger partial charge >= 0.3 is 0 Å². The van der Waals surface area contributed by atoms with Crippen LogP contribution < -0.4 is 0 Å². The first-order chi connectivity index (χ1) is 16.7. The maximum absolute atomic E-state index is 13.5. The average molecular weight is 490 g/mol. The van der Waals surface area contributed by atoms with Gasteiger partial charge in [-0.3, -0.25) is 9.47 Å². The maximum atomic E-state index is 13.5. The van der Waals surface area contributed by atoms with E-state index in [0.29, 0.717) is 37.6 Å². The topological polar surface area (TPSA) is 71.3 Å². The van der Waals surface area contributed by atoms with Crippen molar-refractivity contribution in [2.75, 3.05) is 26.2 Å². The number of pyridine rings is 1. The van der Waals surface area contributed by atoms with Gasteiger partial charge in [0, 0.05) is 38.1 Å². The zero-order chi connectivity index (χ0) is 24.7. The number of aromatic nitrogens is 3. The van der Waals surface area contributed by atoms with Crippen LogP contribution in [0.5, 0.6) is 0 Å². The van der Waals surface area contributed by atoms with Crippen LogP contribution >= 0.6 is 0 Å². The van der Waals surface area contributed by atoms with E-state index in [9.17, 15) is 8.42 Å². The lowest BCUT2D eigenvalue weighted by Gasteiger charge is -2.34. The first-order valence-electron chi connectivity index (χ1n) is 11.9. The first-order valence-corrected chi connectivity index (χ1v) is 13.4. The van der Waals surface area contributed by atoms with E-state index in [1.54, 1.807) is 10.5 Å². The Morgan fingerprint density at radius 3 is 2.26 bits per heavy atom. The van der Waals surface area contributed by atoms with Gasteiger partial charge in [-0.15, -0.1) is 0 Å². The molecular weight excluding hydrogens is 458 g/mol. The number of nitrogens with zero attached hydrogens (tertiary/aromatic N) is 5. The Kier molecular flexibility index (Phi) is 6.21. The molecule has 1 saturated heterocycles. The SMILES string of the molecule is Cc1cccc(-n2c(CN3CCN(S(=O)(=O)c4c(C)cc(C)cc4C)CC3)nc3cccnc32)c1. The van der Waals surface area contributed by atoms with Crippen molar-refractivity contribution in [2.45, 2.75) is 39.1 Å². The molecule has 0 amide bonds. The van der Waals surface area contributed by atoms with Gasteiger partial charge in [0.15, 0.2) is 5.65 Å². The minimum Gasteiger partial charge on any atom is -0.293 e. The molecule has 35 heavy (non-hydrogen) atoms. The fourth-order valence-electron chi connectivity index (χ4n) is 5.13. The number of aryl methyl sites for hydroxylation is 4. The van der Waals surface area contributed by atoms with Crippen molar-refractivity contribution in [1.82, 2.24) is 23.7 Å². The fraction of sp³-hybridized carbons (Fsp3) is 0.333. The minimum absolute atomic E-state index is 0.448. The Labute approximate surface area is 207 Å². The van der Waals surface area contributed by atoms with Crippen LogP contribution in [-0.2, 0) is 16.6 Å². The van der Waals surface area contributed by atoms with Crippen molar-refractivity contribution in [2.24, 2.45) is 0 Å². The van der Waals surface area contributed by atoms with Crippen LogP contribution in [0.2, 0.25) is 0 Å². The van der Waals surface area contributed by atoms with Gasteiger partial charge < -0.3 is 0 Å². The zero-order valence-electron chi connectivity index (χ0n) is 20.7. The third kappa shape index (κ3) is 4.49. The standard InChI is InChI=1S/C27H31N5O2S/c1-19-7-5-8-23(17-19)32-25(29-24-9-6-10-28-27(24)32)18-30-11-13-31(14-12-30)35(33,34)26-21(3)15-20(2)16-22(26)4/h5-10,15-17H,11-14,18H2,1-4H3. The minimum atomic E-state index is -3.54. The van der Waals surface area contributed by atoms with E-state index in [-0.39, 0.29) is 0 Å². The molecule has 0 N–H and O–H groups in total. The third-order valence-electron chi connectivity index (χ3n) is 6.64. The number of rotatable bonds is 5. The number of piperazine rings is 1. The highest BCUT2D eigenvalue weighted by Crippen LogP contribution is 2.27. The summed E-state index contributed by atoms with van der Waals surface area (Å²) < 4.78 is 30.7. The number of hydrogen-bond donors (Lipinski definition) is 0. The first kappa shape index (κ1) is 23.7. The number of sulfonamides is 1. The highest BCUT2D eigenvalue weighted by atomic mass is 32.2. The van der Waals surface area contributed by atoms with Crippen LogP contribution in [0.4, 0.5) is 0 Å². The molecule has 5 rings (SSSR count). The predicted octanol–water partition coefficient (Wildman–Crippen LogP) is 4.16. The van der Waals surface area contributed by atoms with E-state index in [0.717, 1.165) is 39.4 Å². The molecule has 3 heterocycles. The second-order valence-corrected chi connectivity index (χ2v) is 11.3. The van der Waals surface area contributed by atoms with Crippen LogP contribution in [0.3, 0.4) is 0 Å². The molecule has 1 aliphatic rings. The molecule has 1 aliphatic heterocycles. The van der Waals surface area contributed by atoms with Crippen LogP contribution in [0, 0.1) is 27.7 Å². The lowest BCUT2D eigenvalue weighted by molar-refractivity contribution is 0.177. The quantitative estimate of drug-likeness (QED) is 0.421. The van der Waals surface area contributed by atoms with E-state index < -0.39 is 10.0 Å². The van der Waals surface area contributed by atoms with Crippen LogP contribution in [-0.4, -0.2) is 58.3 Å². The third-order valence-corrected chi connectivity index (χ3v) is 8.85. The van der Waals surface area contributed by atoms with E-state index in [1.165, 1.54) is 5.56 Å². The van der Waals surface area contributed by atoms with Gasteiger partial charge in [-0.1, -0.05) is 29.8 Å². The number of benzene rings is 2. The summed E-state index contributed by atoms with van der Waals surface area (Å²) in [4.78, 5) is 12.2. The molecule has 182 valence electrons. The molecule has 0 spiro atoms. The summed E-state index contributed by atoms with van der Waals surface area (Å²) in [6.07, 6.45) is 1.79. The van der Waals surface area contributed by atoms with Crippen LogP contribution in [0.25, 0.3) is 16.9 Å². The van der Waals surface area contributed by atoms with Gasteiger partial charge in [0.2, 0.25) is 10.0 Å². The summed E-state index contributed by atoms with van der Waals surface area (Å²) >= 11 is 0. The number of fused-ring (bicyclic) bond motifs is 1. The molecule has 7 nitrogen and oxygen atoms in total. The van der Waals surface area contributed by atoms with E-state index >= 15 is 0 Å². The molecule has 0 unspecified atom stereocenters. The van der Waals surface area contributed by atoms with Gasteiger partial charge in [-0.25, -0.2) is 18.4 Å². The van der Waals surface area contributed by atoms with Crippen LogP contribution in [0.15, 0.2) is 59.6 Å². The Morgan fingerprint density at radius 1 is 0.857 bits per heavy atom. The Hall–Kier alpha value is -3.07. The van der Waals surface area contributed by atoms with Gasteiger partial charge in [-0.05, 0) is 68.7 Å².